The van der Waals surface area contributed by atoms with E-state index in [-0.39, 0.29) is 0 Å². The van der Waals surface area contributed by atoms with Crippen molar-refractivity contribution in [2.75, 3.05) is 12.3 Å². The van der Waals surface area contributed by atoms with E-state index in [1.165, 1.54) is 16.9 Å². The van der Waals surface area contributed by atoms with Crippen LogP contribution in [0.1, 0.15) is 18.9 Å². The molecule has 0 heterocycles. The molecule has 0 radical (unpaired) electrons. The summed E-state index contributed by atoms with van der Waals surface area (Å²) in [5.74, 6) is 1.10. The molecular weight excluding hydrogens is 342 g/mol. The molecule has 0 fully saturated rings. The van der Waals surface area contributed by atoms with Gasteiger partial charge < -0.3 is 5.32 Å². The number of hydrogen-bond acceptors (Lipinski definition) is 2. The monoisotopic (exact) mass is 363 g/mol. The van der Waals surface area contributed by atoms with E-state index < -0.39 is 0 Å². The van der Waals surface area contributed by atoms with Gasteiger partial charge in [-0.2, -0.15) is 0 Å². The van der Waals surface area contributed by atoms with Gasteiger partial charge in [-0.05, 0) is 49.2 Å². The molecule has 0 aliphatic heterocycles. The van der Waals surface area contributed by atoms with Crippen molar-refractivity contribution in [1.29, 1.82) is 0 Å². The fraction of sp³-hybridized carbons (Fsp3) is 0.333. The molecule has 0 spiro atoms. The van der Waals surface area contributed by atoms with Crippen molar-refractivity contribution >= 4 is 27.7 Å². The summed E-state index contributed by atoms with van der Waals surface area (Å²) >= 11 is 5.42. The van der Waals surface area contributed by atoms with Crippen LogP contribution in [0.3, 0.4) is 0 Å². The molecule has 0 saturated heterocycles. The summed E-state index contributed by atoms with van der Waals surface area (Å²) in [4.78, 5) is 1.34. The lowest BCUT2D eigenvalue weighted by Crippen LogP contribution is -2.34. The van der Waals surface area contributed by atoms with Crippen LogP contribution in [0, 0.1) is 0 Å². The third kappa shape index (κ3) is 6.25. The molecule has 0 bridgehead atoms. The van der Waals surface area contributed by atoms with Gasteiger partial charge in [-0.3, -0.25) is 0 Å². The Morgan fingerprint density at radius 3 is 2.43 bits per heavy atom. The summed E-state index contributed by atoms with van der Waals surface area (Å²) in [6.07, 6.45) is 2.25. The molecule has 2 aromatic rings. The smallest absolute Gasteiger partial charge is 0.0202 e. The molecule has 2 rings (SSSR count). The normalized spacial score (nSPS) is 12.3. The predicted octanol–water partition coefficient (Wildman–Crippen LogP) is 5.15. The average molecular weight is 364 g/mol. The maximum Gasteiger partial charge on any atom is 0.0202 e. The van der Waals surface area contributed by atoms with Gasteiger partial charge >= 0.3 is 0 Å². The van der Waals surface area contributed by atoms with Crippen LogP contribution in [-0.2, 0) is 6.42 Å². The molecule has 3 heteroatoms. The lowest BCUT2D eigenvalue weighted by Gasteiger charge is -2.18. The average Bonchev–Trinajstić information content (AvgIpc) is 2.53. The van der Waals surface area contributed by atoms with E-state index in [1.54, 1.807) is 0 Å². The molecule has 0 saturated carbocycles. The Morgan fingerprint density at radius 2 is 1.76 bits per heavy atom. The van der Waals surface area contributed by atoms with Crippen LogP contribution < -0.4 is 5.32 Å². The minimum absolute atomic E-state index is 0.510. The summed E-state index contributed by atoms with van der Waals surface area (Å²) in [5, 5.41) is 3.67. The van der Waals surface area contributed by atoms with Crippen molar-refractivity contribution in [2.45, 2.75) is 30.7 Å². The molecule has 0 aromatic heterocycles. The maximum absolute atomic E-state index is 3.67. The van der Waals surface area contributed by atoms with Crippen LogP contribution in [0.2, 0.25) is 0 Å². The first kappa shape index (κ1) is 16.6. The first-order valence-corrected chi connectivity index (χ1v) is 9.21. The summed E-state index contributed by atoms with van der Waals surface area (Å²) in [7, 11) is 0. The van der Waals surface area contributed by atoms with E-state index in [0.717, 1.165) is 23.2 Å². The van der Waals surface area contributed by atoms with Gasteiger partial charge in [0.25, 0.3) is 0 Å². The Balaban J connectivity index is 1.92. The molecule has 1 atom stereocenters. The highest BCUT2D eigenvalue weighted by Crippen LogP contribution is 2.20. The van der Waals surface area contributed by atoms with E-state index in [4.69, 9.17) is 0 Å². The van der Waals surface area contributed by atoms with Crippen molar-refractivity contribution in [3.05, 3.63) is 64.6 Å². The van der Waals surface area contributed by atoms with Gasteiger partial charge in [-0.25, -0.2) is 0 Å². The molecule has 21 heavy (non-hydrogen) atoms. The van der Waals surface area contributed by atoms with Crippen molar-refractivity contribution in [1.82, 2.24) is 5.32 Å². The topological polar surface area (TPSA) is 12.0 Å². The van der Waals surface area contributed by atoms with Crippen LogP contribution in [0.5, 0.6) is 0 Å². The quantitative estimate of drug-likeness (QED) is 0.650. The van der Waals surface area contributed by atoms with E-state index in [0.29, 0.717) is 6.04 Å². The van der Waals surface area contributed by atoms with Crippen molar-refractivity contribution in [2.24, 2.45) is 0 Å². The predicted molar refractivity (Wildman–Crippen MR) is 97.1 cm³/mol. The SMILES string of the molecule is CCCNC(CSc1ccccc1)Cc1ccc(Br)cc1. The first-order chi connectivity index (χ1) is 10.3. The fourth-order valence-electron chi connectivity index (χ4n) is 2.16. The van der Waals surface area contributed by atoms with Crippen molar-refractivity contribution in [3.63, 3.8) is 0 Å². The zero-order chi connectivity index (χ0) is 14.9. The molecule has 0 amide bonds. The minimum Gasteiger partial charge on any atom is -0.313 e. The second-order valence-corrected chi connectivity index (χ2v) is 7.11. The largest absolute Gasteiger partial charge is 0.313 e. The van der Waals surface area contributed by atoms with Gasteiger partial charge in [-0.15, -0.1) is 11.8 Å². The van der Waals surface area contributed by atoms with Gasteiger partial charge in [-0.1, -0.05) is 53.2 Å². The summed E-state index contributed by atoms with van der Waals surface area (Å²) in [6, 6.07) is 19.8. The Bertz CT molecular complexity index is 513. The standard InChI is InChI=1S/C18H22BrNS/c1-2-12-20-17(13-15-8-10-16(19)11-9-15)14-21-18-6-4-3-5-7-18/h3-11,17,20H,2,12-14H2,1H3. The van der Waals surface area contributed by atoms with Crippen LogP contribution in [0.25, 0.3) is 0 Å². The number of thioether (sulfide) groups is 1. The van der Waals surface area contributed by atoms with Crippen LogP contribution in [0.15, 0.2) is 64.0 Å². The van der Waals surface area contributed by atoms with E-state index in [9.17, 15) is 0 Å². The van der Waals surface area contributed by atoms with E-state index >= 15 is 0 Å². The van der Waals surface area contributed by atoms with Gasteiger partial charge in [0.1, 0.15) is 0 Å². The Kier molecular flexibility index (Phi) is 7.34. The summed E-state index contributed by atoms with van der Waals surface area (Å²) in [5.41, 5.74) is 1.39. The molecule has 0 aliphatic rings. The molecule has 1 N–H and O–H groups in total. The van der Waals surface area contributed by atoms with Crippen molar-refractivity contribution < 1.29 is 0 Å². The van der Waals surface area contributed by atoms with Gasteiger partial charge in [0.05, 0.1) is 0 Å². The number of benzene rings is 2. The van der Waals surface area contributed by atoms with E-state index in [1.807, 2.05) is 11.8 Å². The van der Waals surface area contributed by atoms with Crippen LogP contribution in [-0.4, -0.2) is 18.3 Å². The lowest BCUT2D eigenvalue weighted by atomic mass is 10.1. The maximum atomic E-state index is 3.67. The van der Waals surface area contributed by atoms with Crippen molar-refractivity contribution in [3.8, 4) is 0 Å². The highest BCUT2D eigenvalue weighted by atomic mass is 79.9. The van der Waals surface area contributed by atoms with Gasteiger partial charge in [0, 0.05) is 21.2 Å². The van der Waals surface area contributed by atoms with Gasteiger partial charge in [0.2, 0.25) is 0 Å². The Labute approximate surface area is 140 Å². The number of rotatable bonds is 8. The zero-order valence-corrected chi connectivity index (χ0v) is 14.8. The number of halogens is 1. The Hall–Kier alpha value is -0.770. The second kappa shape index (κ2) is 9.29. The fourth-order valence-corrected chi connectivity index (χ4v) is 3.40. The molecule has 2 aromatic carbocycles. The van der Waals surface area contributed by atoms with Crippen LogP contribution in [0.4, 0.5) is 0 Å². The van der Waals surface area contributed by atoms with Gasteiger partial charge in [0.15, 0.2) is 0 Å². The highest BCUT2D eigenvalue weighted by molar-refractivity contribution is 9.10. The Morgan fingerprint density at radius 1 is 1.05 bits per heavy atom. The highest BCUT2D eigenvalue weighted by Gasteiger charge is 2.09. The second-order valence-electron chi connectivity index (χ2n) is 5.11. The van der Waals surface area contributed by atoms with Crippen LogP contribution >= 0.6 is 27.7 Å². The summed E-state index contributed by atoms with van der Waals surface area (Å²) < 4.78 is 1.14. The molecule has 1 unspecified atom stereocenters. The number of hydrogen-bond donors (Lipinski definition) is 1. The third-order valence-corrected chi connectivity index (χ3v) is 4.98. The molecule has 112 valence electrons. The first-order valence-electron chi connectivity index (χ1n) is 7.43. The van der Waals surface area contributed by atoms with E-state index in [2.05, 4.69) is 82.8 Å². The summed E-state index contributed by atoms with van der Waals surface area (Å²) in [6.45, 7) is 3.30. The zero-order valence-electron chi connectivity index (χ0n) is 12.4. The molecule has 0 aliphatic carbocycles. The third-order valence-electron chi connectivity index (χ3n) is 3.27. The molecular formula is C18H22BrNS. The minimum atomic E-state index is 0.510. The lowest BCUT2D eigenvalue weighted by molar-refractivity contribution is 0.550. The molecule has 1 nitrogen and oxygen atoms in total. The number of nitrogens with one attached hydrogen (secondary N) is 1.